The zero-order chi connectivity index (χ0) is 14.0. The normalized spacial score (nSPS) is 21.1. The first-order valence-electron chi connectivity index (χ1n) is 7.36. The third-order valence-corrected chi connectivity index (χ3v) is 4.11. The first-order valence-corrected chi connectivity index (χ1v) is 7.36. The van der Waals surface area contributed by atoms with E-state index < -0.39 is 5.60 Å². The quantitative estimate of drug-likeness (QED) is 0.844. The first-order chi connectivity index (χ1) is 9.69. The Kier molecular flexibility index (Phi) is 3.66. The lowest BCUT2D eigenvalue weighted by Gasteiger charge is -2.30. The van der Waals surface area contributed by atoms with Crippen molar-refractivity contribution in [3.8, 4) is 11.5 Å². The van der Waals surface area contributed by atoms with Gasteiger partial charge in [0.05, 0.1) is 13.2 Å². The second-order valence-electron chi connectivity index (χ2n) is 5.63. The van der Waals surface area contributed by atoms with Gasteiger partial charge in [-0.25, -0.2) is 0 Å². The molecule has 0 spiro atoms. The molecule has 0 atom stereocenters. The van der Waals surface area contributed by atoms with Gasteiger partial charge in [-0.15, -0.1) is 0 Å². The summed E-state index contributed by atoms with van der Waals surface area (Å²) in [6, 6.07) is 5.19. The van der Waals surface area contributed by atoms with E-state index in [0.29, 0.717) is 43.1 Å². The highest BCUT2D eigenvalue weighted by Crippen LogP contribution is 2.35. The number of hydrogen-bond donors (Lipinski definition) is 1. The van der Waals surface area contributed by atoms with Crippen LogP contribution in [0.5, 0.6) is 11.5 Å². The predicted octanol–water partition coefficient (Wildman–Crippen LogP) is 2.73. The molecule has 0 aromatic heterocycles. The number of ketones is 1. The summed E-state index contributed by atoms with van der Waals surface area (Å²) < 4.78 is 11.2. The number of carbonyl (C=O) groups excluding carboxylic acids is 1. The van der Waals surface area contributed by atoms with Crippen LogP contribution in [-0.2, 0) is 0 Å². The number of Topliss-reactive ketones (excluding diaryl/α,β-unsaturated/α-hetero) is 1. The average Bonchev–Trinajstić information content (AvgIpc) is 2.71. The van der Waals surface area contributed by atoms with Crippen LogP contribution in [-0.4, -0.2) is 29.7 Å². The van der Waals surface area contributed by atoms with Crippen molar-refractivity contribution in [1.29, 1.82) is 0 Å². The Morgan fingerprint density at radius 3 is 2.45 bits per heavy atom. The number of benzene rings is 1. The van der Waals surface area contributed by atoms with Crippen LogP contribution in [0.3, 0.4) is 0 Å². The summed E-state index contributed by atoms with van der Waals surface area (Å²) >= 11 is 0. The van der Waals surface area contributed by atoms with Crippen molar-refractivity contribution in [2.24, 2.45) is 0 Å². The Balaban J connectivity index is 1.86. The highest BCUT2D eigenvalue weighted by atomic mass is 16.5. The molecule has 4 heteroatoms. The molecule has 1 fully saturated rings. The number of rotatable bonds is 2. The molecule has 4 nitrogen and oxygen atoms in total. The van der Waals surface area contributed by atoms with Crippen LogP contribution in [0.1, 0.15) is 48.9 Å². The zero-order valence-electron chi connectivity index (χ0n) is 11.6. The van der Waals surface area contributed by atoms with Crippen LogP contribution < -0.4 is 9.47 Å². The molecule has 20 heavy (non-hydrogen) atoms. The lowest BCUT2D eigenvalue weighted by Crippen LogP contribution is -2.40. The van der Waals surface area contributed by atoms with Gasteiger partial charge in [0.25, 0.3) is 0 Å². The van der Waals surface area contributed by atoms with Crippen molar-refractivity contribution in [2.45, 2.75) is 44.1 Å². The summed E-state index contributed by atoms with van der Waals surface area (Å²) in [6.45, 7) is 1.22. The van der Waals surface area contributed by atoms with E-state index in [1.54, 1.807) is 18.2 Å². The molecular weight excluding hydrogens is 256 g/mol. The molecule has 1 aromatic rings. The molecule has 3 rings (SSSR count). The van der Waals surface area contributed by atoms with Crippen LogP contribution >= 0.6 is 0 Å². The molecule has 0 unspecified atom stereocenters. The van der Waals surface area contributed by atoms with Gasteiger partial charge in [0, 0.05) is 12.0 Å². The van der Waals surface area contributed by atoms with Crippen LogP contribution in [0.15, 0.2) is 18.2 Å². The van der Waals surface area contributed by atoms with Gasteiger partial charge in [-0.1, -0.05) is 19.3 Å². The van der Waals surface area contributed by atoms with Gasteiger partial charge in [-0.2, -0.15) is 0 Å². The molecule has 0 radical (unpaired) electrons. The Hall–Kier alpha value is -1.55. The maximum atomic E-state index is 12.5. The monoisotopic (exact) mass is 276 g/mol. The molecule has 1 aliphatic carbocycles. The summed E-state index contributed by atoms with van der Waals surface area (Å²) in [4.78, 5) is 12.5. The Labute approximate surface area is 118 Å². The highest BCUT2D eigenvalue weighted by molar-refractivity contribution is 6.02. The minimum atomic E-state index is -1.20. The lowest BCUT2D eigenvalue weighted by atomic mass is 9.79. The minimum Gasteiger partial charge on any atom is -0.490 e. The molecule has 108 valence electrons. The van der Waals surface area contributed by atoms with Crippen molar-refractivity contribution >= 4 is 5.78 Å². The second-order valence-corrected chi connectivity index (χ2v) is 5.63. The highest BCUT2D eigenvalue weighted by Gasteiger charge is 2.37. The fourth-order valence-electron chi connectivity index (χ4n) is 2.94. The molecule has 0 amide bonds. The maximum absolute atomic E-state index is 12.5. The van der Waals surface area contributed by atoms with E-state index in [0.717, 1.165) is 25.7 Å². The fraction of sp³-hybridized carbons (Fsp3) is 0.562. The smallest absolute Gasteiger partial charge is 0.194 e. The van der Waals surface area contributed by atoms with Crippen molar-refractivity contribution in [2.75, 3.05) is 13.2 Å². The Morgan fingerprint density at radius 2 is 1.70 bits per heavy atom. The van der Waals surface area contributed by atoms with E-state index in [9.17, 15) is 9.90 Å². The van der Waals surface area contributed by atoms with E-state index in [1.165, 1.54) is 0 Å². The van der Waals surface area contributed by atoms with E-state index >= 15 is 0 Å². The second kappa shape index (κ2) is 5.44. The van der Waals surface area contributed by atoms with Gasteiger partial charge >= 0.3 is 0 Å². The fourth-order valence-corrected chi connectivity index (χ4v) is 2.94. The van der Waals surface area contributed by atoms with E-state index in [1.807, 2.05) is 0 Å². The predicted molar refractivity (Wildman–Crippen MR) is 74.4 cm³/mol. The number of fused-ring (bicyclic) bond motifs is 1. The third-order valence-electron chi connectivity index (χ3n) is 4.11. The Morgan fingerprint density at radius 1 is 1.00 bits per heavy atom. The van der Waals surface area contributed by atoms with Crippen LogP contribution in [0.2, 0.25) is 0 Å². The van der Waals surface area contributed by atoms with Gasteiger partial charge in [0.2, 0.25) is 0 Å². The van der Waals surface area contributed by atoms with E-state index in [2.05, 4.69) is 0 Å². The number of hydrogen-bond acceptors (Lipinski definition) is 4. The van der Waals surface area contributed by atoms with Crippen LogP contribution in [0.25, 0.3) is 0 Å². The number of aliphatic hydroxyl groups is 1. The van der Waals surface area contributed by atoms with Gasteiger partial charge in [-0.05, 0) is 31.0 Å². The molecule has 1 aromatic carbocycles. The van der Waals surface area contributed by atoms with Crippen molar-refractivity contribution in [1.82, 2.24) is 0 Å². The third kappa shape index (κ3) is 2.52. The molecule has 0 bridgehead atoms. The summed E-state index contributed by atoms with van der Waals surface area (Å²) in [7, 11) is 0. The average molecular weight is 276 g/mol. The number of carbonyl (C=O) groups is 1. The lowest BCUT2D eigenvalue weighted by molar-refractivity contribution is 0.0116. The van der Waals surface area contributed by atoms with E-state index in [-0.39, 0.29) is 5.78 Å². The summed E-state index contributed by atoms with van der Waals surface area (Å²) in [5, 5.41) is 10.5. The number of ether oxygens (including phenoxy) is 2. The molecule has 2 aliphatic rings. The minimum absolute atomic E-state index is 0.187. The largest absolute Gasteiger partial charge is 0.490 e. The molecule has 1 aliphatic heterocycles. The molecule has 1 N–H and O–H groups in total. The van der Waals surface area contributed by atoms with Gasteiger partial charge < -0.3 is 14.6 Å². The van der Waals surface area contributed by atoms with Crippen LogP contribution in [0, 0.1) is 0 Å². The topological polar surface area (TPSA) is 55.8 Å². The maximum Gasteiger partial charge on any atom is 0.194 e. The molecule has 1 heterocycles. The summed E-state index contributed by atoms with van der Waals surface area (Å²) in [5.41, 5.74) is -0.684. The van der Waals surface area contributed by atoms with Crippen LogP contribution in [0.4, 0.5) is 0 Å². The van der Waals surface area contributed by atoms with Gasteiger partial charge in [0.15, 0.2) is 17.3 Å². The van der Waals surface area contributed by atoms with Gasteiger partial charge in [-0.3, -0.25) is 4.79 Å². The standard InChI is InChI=1S/C16H20O4/c17-15(16(18)7-2-1-3-8-16)12-5-6-13-14(11-12)20-10-4-9-19-13/h5-6,11,18H,1-4,7-10H2. The summed E-state index contributed by atoms with van der Waals surface area (Å²) in [5.74, 6) is 1.09. The molecular formula is C16H20O4. The van der Waals surface area contributed by atoms with Gasteiger partial charge in [0.1, 0.15) is 5.60 Å². The SMILES string of the molecule is O=C(c1ccc2c(c1)OCCCO2)C1(O)CCCCC1. The van der Waals surface area contributed by atoms with E-state index in [4.69, 9.17) is 9.47 Å². The zero-order valence-corrected chi connectivity index (χ0v) is 11.6. The summed E-state index contributed by atoms with van der Waals surface area (Å²) in [6.07, 6.45) is 4.86. The van der Waals surface area contributed by atoms with Crippen molar-refractivity contribution < 1.29 is 19.4 Å². The van der Waals surface area contributed by atoms with Crippen molar-refractivity contribution in [3.05, 3.63) is 23.8 Å². The Bertz CT molecular complexity index is 503. The van der Waals surface area contributed by atoms with Crippen molar-refractivity contribution in [3.63, 3.8) is 0 Å². The molecule has 1 saturated carbocycles. The first kappa shape index (κ1) is 13.4. The molecule has 0 saturated heterocycles.